The van der Waals surface area contributed by atoms with Crippen molar-refractivity contribution in [1.29, 1.82) is 0 Å². The van der Waals surface area contributed by atoms with Crippen LogP contribution in [0.15, 0.2) is 54.6 Å². The quantitative estimate of drug-likeness (QED) is 0.257. The van der Waals surface area contributed by atoms with Crippen LogP contribution in [0.3, 0.4) is 0 Å². The van der Waals surface area contributed by atoms with E-state index in [4.69, 9.17) is 34.8 Å². The van der Waals surface area contributed by atoms with E-state index in [2.05, 4.69) is 37.1 Å². The summed E-state index contributed by atoms with van der Waals surface area (Å²) in [7, 11) is 0. The number of nitrogens with one attached hydrogen (secondary N) is 1. The number of fused-ring (bicyclic) bond motifs is 1. The molecule has 0 radical (unpaired) electrons. The van der Waals surface area contributed by atoms with Gasteiger partial charge in [0.1, 0.15) is 11.6 Å². The number of carbonyl (C=O) groups excluding carboxylic acids is 1. The van der Waals surface area contributed by atoms with E-state index in [0.717, 1.165) is 72.1 Å². The lowest BCUT2D eigenvalue weighted by Gasteiger charge is -2.35. The lowest BCUT2D eigenvalue weighted by molar-refractivity contribution is 0.177. The summed E-state index contributed by atoms with van der Waals surface area (Å²) in [5.74, 6) is 1.93. The highest BCUT2D eigenvalue weighted by Gasteiger charge is 2.32. The first-order valence-electron chi connectivity index (χ1n) is 13.3. The molecule has 0 aliphatic carbocycles. The van der Waals surface area contributed by atoms with Crippen molar-refractivity contribution in [2.45, 2.75) is 45.8 Å². The third-order valence-electron chi connectivity index (χ3n) is 7.84. The molecule has 2 aliphatic rings. The molecule has 0 spiro atoms. The van der Waals surface area contributed by atoms with E-state index in [1.807, 2.05) is 38.1 Å². The first kappa shape index (κ1) is 27.1. The summed E-state index contributed by atoms with van der Waals surface area (Å²) < 4.78 is 2.26. The van der Waals surface area contributed by atoms with Crippen LogP contribution in [0.5, 0.6) is 0 Å². The van der Waals surface area contributed by atoms with Crippen LogP contribution in [-0.2, 0) is 13.1 Å². The average molecular weight is 596 g/mol. The van der Waals surface area contributed by atoms with Crippen LogP contribution >= 0.6 is 34.8 Å². The van der Waals surface area contributed by atoms with Gasteiger partial charge in [0.25, 0.3) is 0 Å². The lowest BCUT2D eigenvalue weighted by atomic mass is 9.93. The van der Waals surface area contributed by atoms with E-state index in [-0.39, 0.29) is 6.03 Å². The number of hydrogen-bond acceptors (Lipinski definition) is 4. The van der Waals surface area contributed by atoms with E-state index in [0.29, 0.717) is 33.3 Å². The second kappa shape index (κ2) is 11.1. The molecule has 1 aromatic heterocycles. The smallest absolute Gasteiger partial charge is 0.326 e. The largest absolute Gasteiger partial charge is 0.333 e. The van der Waals surface area contributed by atoms with Gasteiger partial charge in [0, 0.05) is 48.4 Å². The molecule has 10 heteroatoms. The molecule has 206 valence electrons. The van der Waals surface area contributed by atoms with Gasteiger partial charge in [-0.05, 0) is 68.1 Å². The number of hydrogen-bond donors (Lipinski definition) is 1. The molecular formula is C30H29Cl3N6O. The number of piperidine rings is 1. The zero-order chi connectivity index (χ0) is 28.0. The van der Waals surface area contributed by atoms with Crippen molar-refractivity contribution in [2.24, 2.45) is 0 Å². The topological polar surface area (TPSA) is 66.3 Å². The first-order valence-corrected chi connectivity index (χ1v) is 14.5. The number of aryl methyl sites for hydroxylation is 2. The highest BCUT2D eigenvalue weighted by atomic mass is 35.5. The van der Waals surface area contributed by atoms with E-state index < -0.39 is 0 Å². The van der Waals surface area contributed by atoms with Gasteiger partial charge in [-0.1, -0.05) is 59.1 Å². The average Bonchev–Trinajstić information content (AvgIpc) is 3.27. The molecule has 1 N–H and O–H groups in total. The van der Waals surface area contributed by atoms with Crippen molar-refractivity contribution in [1.82, 2.24) is 25.0 Å². The number of amides is 2. The second-order valence-corrected chi connectivity index (χ2v) is 11.6. The van der Waals surface area contributed by atoms with Gasteiger partial charge in [-0.15, -0.1) is 10.2 Å². The number of halogens is 3. The maximum absolute atomic E-state index is 13.3. The number of aromatic nitrogens is 3. The fraction of sp³-hybridized carbons (Fsp3) is 0.300. The van der Waals surface area contributed by atoms with E-state index >= 15 is 0 Å². The summed E-state index contributed by atoms with van der Waals surface area (Å²) in [6.45, 7) is 7.03. The number of urea groups is 1. The molecule has 0 atom stereocenters. The molecule has 4 aromatic rings. The van der Waals surface area contributed by atoms with Crippen LogP contribution in [0.2, 0.25) is 15.1 Å². The van der Waals surface area contributed by atoms with Crippen LogP contribution in [0.25, 0.3) is 11.1 Å². The minimum Gasteiger partial charge on any atom is -0.333 e. The fourth-order valence-electron chi connectivity index (χ4n) is 5.99. The summed E-state index contributed by atoms with van der Waals surface area (Å²) in [6.07, 6.45) is 2.04. The number of likely N-dealkylation sites (tertiary alicyclic amines) is 1. The summed E-state index contributed by atoms with van der Waals surface area (Å²) in [5, 5.41) is 13.0. The predicted molar refractivity (Wildman–Crippen MR) is 161 cm³/mol. The Labute approximate surface area is 248 Å². The van der Waals surface area contributed by atoms with E-state index in [1.54, 1.807) is 23.1 Å². The Hall–Kier alpha value is -3.10. The monoisotopic (exact) mass is 594 g/mol. The fourth-order valence-corrected chi connectivity index (χ4v) is 6.79. The van der Waals surface area contributed by atoms with Crippen molar-refractivity contribution in [3.05, 3.63) is 92.4 Å². The summed E-state index contributed by atoms with van der Waals surface area (Å²) in [5.41, 5.74) is 5.18. The molecule has 3 heterocycles. The van der Waals surface area contributed by atoms with Gasteiger partial charge in [0.05, 0.1) is 21.4 Å². The highest BCUT2D eigenvalue weighted by Crippen LogP contribution is 2.45. The van der Waals surface area contributed by atoms with Crippen LogP contribution in [-0.4, -0.2) is 38.8 Å². The molecule has 3 aromatic carbocycles. The lowest BCUT2D eigenvalue weighted by Crippen LogP contribution is -2.42. The van der Waals surface area contributed by atoms with Crippen LogP contribution in [0.4, 0.5) is 16.2 Å². The normalized spacial score (nSPS) is 16.2. The predicted octanol–water partition coefficient (Wildman–Crippen LogP) is 7.72. The van der Waals surface area contributed by atoms with Gasteiger partial charge >= 0.3 is 6.03 Å². The second-order valence-electron chi connectivity index (χ2n) is 10.4. The standard InChI is InChI=1S/C30H29Cl3N6O/c1-18-35-36-19(2)38(18)21-10-12-37(13-11-21)17-20-14-23(22-6-3-4-7-25(22)31)24-16-34-30(40)39(28(24)15-20)29-26(32)8-5-9-27(29)33/h3-9,14-15,21H,10-13,16-17H2,1-2H3,(H,34,40). The van der Waals surface area contributed by atoms with Gasteiger partial charge in [-0.25, -0.2) is 4.79 Å². The molecule has 1 saturated heterocycles. The van der Waals surface area contributed by atoms with Crippen LogP contribution < -0.4 is 10.2 Å². The minimum atomic E-state index is -0.273. The van der Waals surface area contributed by atoms with Crippen molar-refractivity contribution >= 4 is 52.2 Å². The molecular weight excluding hydrogens is 567 g/mol. The molecule has 2 amide bonds. The SMILES string of the molecule is Cc1nnc(C)n1C1CCN(Cc2cc(-c3ccccc3Cl)c3c(c2)N(c2c(Cl)cccc2Cl)C(=O)NC3)CC1. The maximum atomic E-state index is 13.3. The summed E-state index contributed by atoms with van der Waals surface area (Å²) >= 11 is 19.9. The van der Waals surface area contributed by atoms with Crippen molar-refractivity contribution in [3.8, 4) is 11.1 Å². The minimum absolute atomic E-state index is 0.273. The Kier molecular flexibility index (Phi) is 7.48. The third kappa shape index (κ3) is 4.96. The van der Waals surface area contributed by atoms with Crippen molar-refractivity contribution < 1.29 is 4.79 Å². The zero-order valence-corrected chi connectivity index (χ0v) is 24.6. The molecule has 0 bridgehead atoms. The number of para-hydroxylation sites is 1. The van der Waals surface area contributed by atoms with Gasteiger partial charge < -0.3 is 9.88 Å². The number of nitrogens with zero attached hydrogens (tertiary/aromatic N) is 5. The van der Waals surface area contributed by atoms with Gasteiger partial charge in [0.15, 0.2) is 0 Å². The first-order chi connectivity index (χ1) is 19.3. The number of anilines is 2. The molecule has 40 heavy (non-hydrogen) atoms. The Bertz CT molecular complexity index is 1550. The Morgan fingerprint density at radius 3 is 2.20 bits per heavy atom. The highest BCUT2D eigenvalue weighted by molar-refractivity contribution is 6.40. The maximum Gasteiger partial charge on any atom is 0.326 e. The van der Waals surface area contributed by atoms with Crippen molar-refractivity contribution in [3.63, 3.8) is 0 Å². The Morgan fingerprint density at radius 2 is 1.52 bits per heavy atom. The summed E-state index contributed by atoms with van der Waals surface area (Å²) in [4.78, 5) is 17.4. The molecule has 2 aliphatic heterocycles. The number of carbonyl (C=O) groups is 1. The third-order valence-corrected chi connectivity index (χ3v) is 8.78. The summed E-state index contributed by atoms with van der Waals surface area (Å²) in [6, 6.07) is 17.5. The Balaban J connectivity index is 1.39. The number of rotatable bonds is 5. The van der Waals surface area contributed by atoms with E-state index in [9.17, 15) is 4.79 Å². The van der Waals surface area contributed by atoms with Gasteiger partial charge in [-0.2, -0.15) is 0 Å². The van der Waals surface area contributed by atoms with Crippen LogP contribution in [0.1, 0.15) is 41.7 Å². The van der Waals surface area contributed by atoms with E-state index in [1.165, 1.54) is 0 Å². The molecule has 0 unspecified atom stereocenters. The van der Waals surface area contributed by atoms with Gasteiger partial charge in [0.2, 0.25) is 0 Å². The molecule has 7 nitrogen and oxygen atoms in total. The molecule has 1 fully saturated rings. The molecule has 6 rings (SSSR count). The Morgan fingerprint density at radius 1 is 0.875 bits per heavy atom. The van der Waals surface area contributed by atoms with Crippen LogP contribution in [0, 0.1) is 13.8 Å². The van der Waals surface area contributed by atoms with Gasteiger partial charge in [-0.3, -0.25) is 9.80 Å². The molecule has 0 saturated carbocycles. The zero-order valence-electron chi connectivity index (χ0n) is 22.3. The van der Waals surface area contributed by atoms with Crippen molar-refractivity contribution in [2.75, 3.05) is 18.0 Å². The number of benzene rings is 3.